The van der Waals surface area contributed by atoms with Crippen LogP contribution in [-0.4, -0.2) is 43.5 Å². The number of rotatable bonds is 6. The topological polar surface area (TPSA) is 76.1 Å². The Balaban J connectivity index is 2.53. The second kappa shape index (κ2) is 11.5. The number of esters is 1. The molecule has 3 rings (SSSR count). The van der Waals surface area contributed by atoms with Crippen LogP contribution in [0, 0.1) is 0 Å². The molecule has 2 aromatic rings. The first-order valence-corrected chi connectivity index (χ1v) is 12.3. The van der Waals surface area contributed by atoms with Crippen LogP contribution in [0.5, 0.6) is 0 Å². The van der Waals surface area contributed by atoms with E-state index in [-0.39, 0.29) is 36.9 Å². The number of aliphatic hydroxyl groups is 1. The highest BCUT2D eigenvalue weighted by Crippen LogP contribution is 2.50. The molecule has 0 saturated carbocycles. The van der Waals surface area contributed by atoms with Crippen LogP contribution >= 0.6 is 0 Å². The number of aliphatic hydroxyl groups excluding tert-OH is 1. The number of anilines is 1. The van der Waals surface area contributed by atoms with Gasteiger partial charge in [0.25, 0.3) is 0 Å². The van der Waals surface area contributed by atoms with Gasteiger partial charge in [0.2, 0.25) is 0 Å². The van der Waals surface area contributed by atoms with Gasteiger partial charge in [-0.2, -0.15) is 39.5 Å². The van der Waals surface area contributed by atoms with Crippen molar-refractivity contribution >= 4 is 23.3 Å². The molecule has 0 bridgehead atoms. The molecule has 0 aliphatic carbocycles. The van der Waals surface area contributed by atoms with E-state index in [9.17, 15) is 54.2 Å². The van der Waals surface area contributed by atoms with Crippen molar-refractivity contribution in [2.45, 2.75) is 50.3 Å². The highest BCUT2D eigenvalue weighted by atomic mass is 19.4. The van der Waals surface area contributed by atoms with Gasteiger partial charge in [-0.25, -0.2) is 4.79 Å². The zero-order valence-corrected chi connectivity index (χ0v) is 22.2. The maximum absolute atomic E-state index is 13.8. The van der Waals surface area contributed by atoms with Gasteiger partial charge in [0.1, 0.15) is 5.41 Å². The summed E-state index contributed by atoms with van der Waals surface area (Å²) in [6.07, 6.45) is -15.7. The number of ether oxygens (including phenoxy) is 2. The molecule has 0 saturated heterocycles. The number of alkyl halides is 9. The zero-order chi connectivity index (χ0) is 31.8. The number of halogens is 9. The summed E-state index contributed by atoms with van der Waals surface area (Å²) in [6, 6.07) is 0.996. The number of amides is 1. The lowest BCUT2D eigenvalue weighted by atomic mass is 9.69. The molecule has 15 heteroatoms. The Hall–Kier alpha value is -3.75. The Morgan fingerprint density at radius 2 is 1.36 bits per heavy atom. The van der Waals surface area contributed by atoms with Gasteiger partial charge in [0, 0.05) is 5.56 Å². The second-order valence-corrected chi connectivity index (χ2v) is 9.20. The summed E-state index contributed by atoms with van der Waals surface area (Å²) in [5.41, 5.74) is -10.4. The molecule has 0 fully saturated rings. The molecule has 1 aliphatic rings. The fraction of sp³-hybridized carbons (Fsp3) is 0.407. The molecule has 2 atom stereocenters. The molecule has 1 heterocycles. The van der Waals surface area contributed by atoms with E-state index in [0.29, 0.717) is 12.1 Å². The van der Waals surface area contributed by atoms with Crippen molar-refractivity contribution in [3.63, 3.8) is 0 Å². The Kier molecular flexibility index (Phi) is 8.97. The maximum Gasteiger partial charge on any atom is 0.416 e. The Labute approximate surface area is 233 Å². The molecule has 1 N–H and O–H groups in total. The first-order valence-electron chi connectivity index (χ1n) is 12.3. The zero-order valence-electron chi connectivity index (χ0n) is 22.2. The summed E-state index contributed by atoms with van der Waals surface area (Å²) in [4.78, 5) is 27.2. The number of nitrogens with zero attached hydrogens (tertiary/aromatic N) is 1. The lowest BCUT2D eigenvalue weighted by molar-refractivity contribution is -0.148. The van der Waals surface area contributed by atoms with Crippen molar-refractivity contribution in [1.29, 1.82) is 0 Å². The quantitative estimate of drug-likeness (QED) is 0.281. The molecule has 1 aliphatic heterocycles. The minimum atomic E-state index is -5.36. The summed E-state index contributed by atoms with van der Waals surface area (Å²) in [6.45, 7) is 1.31. The molecule has 42 heavy (non-hydrogen) atoms. The fourth-order valence-electron chi connectivity index (χ4n) is 4.77. The lowest BCUT2D eigenvalue weighted by Gasteiger charge is -2.41. The average molecular weight is 613 g/mol. The minimum absolute atomic E-state index is 0.00183. The second-order valence-electron chi connectivity index (χ2n) is 9.20. The van der Waals surface area contributed by atoms with Gasteiger partial charge < -0.3 is 14.6 Å². The number of methoxy groups -OCH3 is 1. The summed E-state index contributed by atoms with van der Waals surface area (Å²) in [5, 5.41) is 10.6. The van der Waals surface area contributed by atoms with Crippen molar-refractivity contribution in [2.75, 3.05) is 25.2 Å². The standard InChI is InChI=1S/C27H24F9NO5/c1-4-18-12-20(19-11-14(25(28,29)30)6-7-21(19)37(18)23(40)42-5-2)24(13-38,22(39)41-3)15-8-16(26(31,32)33)10-17(9-15)27(34,35)36/h6-12,18,38H,4-5,13H2,1-3H3/t18-,24?/m1/s1. The van der Waals surface area contributed by atoms with E-state index in [1.54, 1.807) is 0 Å². The van der Waals surface area contributed by atoms with Gasteiger partial charge in [0.15, 0.2) is 0 Å². The van der Waals surface area contributed by atoms with Crippen LogP contribution in [0.15, 0.2) is 42.5 Å². The highest BCUT2D eigenvalue weighted by molar-refractivity contribution is 6.05. The third kappa shape index (κ3) is 5.92. The molecule has 2 aromatic carbocycles. The molecular weight excluding hydrogens is 589 g/mol. The number of hydrogen-bond donors (Lipinski definition) is 1. The minimum Gasteiger partial charge on any atom is -0.468 e. The van der Waals surface area contributed by atoms with E-state index < -0.39 is 82.0 Å². The Morgan fingerprint density at radius 3 is 1.79 bits per heavy atom. The molecule has 6 nitrogen and oxygen atoms in total. The molecule has 0 spiro atoms. The van der Waals surface area contributed by atoms with Gasteiger partial charge in [-0.15, -0.1) is 0 Å². The van der Waals surface area contributed by atoms with E-state index in [2.05, 4.69) is 0 Å². The summed E-state index contributed by atoms with van der Waals surface area (Å²) >= 11 is 0. The first kappa shape index (κ1) is 32.8. The number of hydrogen-bond acceptors (Lipinski definition) is 5. The average Bonchev–Trinajstić information content (AvgIpc) is 2.91. The highest BCUT2D eigenvalue weighted by Gasteiger charge is 2.51. The van der Waals surface area contributed by atoms with Crippen LogP contribution in [-0.2, 0) is 38.2 Å². The largest absolute Gasteiger partial charge is 0.468 e. The Bertz CT molecular complexity index is 1350. The first-order chi connectivity index (χ1) is 19.4. The predicted molar refractivity (Wildman–Crippen MR) is 130 cm³/mol. The monoisotopic (exact) mass is 613 g/mol. The van der Waals surface area contributed by atoms with Crippen molar-refractivity contribution in [2.24, 2.45) is 0 Å². The van der Waals surface area contributed by atoms with Crippen LogP contribution in [0.3, 0.4) is 0 Å². The lowest BCUT2D eigenvalue weighted by Crippen LogP contribution is -2.47. The normalized spacial score (nSPS) is 17.2. The van der Waals surface area contributed by atoms with Gasteiger partial charge in [-0.1, -0.05) is 13.0 Å². The molecule has 230 valence electrons. The molecule has 0 radical (unpaired) electrons. The third-order valence-corrected chi connectivity index (χ3v) is 6.76. The van der Waals surface area contributed by atoms with Crippen molar-refractivity contribution < 1.29 is 63.7 Å². The van der Waals surface area contributed by atoms with Crippen molar-refractivity contribution in [3.8, 4) is 0 Å². The van der Waals surface area contributed by atoms with Crippen LogP contribution < -0.4 is 4.90 Å². The summed E-state index contributed by atoms with van der Waals surface area (Å²) < 4.78 is 134. The number of carbonyl (C=O) groups is 2. The molecule has 1 amide bonds. The smallest absolute Gasteiger partial charge is 0.416 e. The van der Waals surface area contributed by atoms with E-state index in [1.807, 2.05) is 0 Å². The van der Waals surface area contributed by atoms with Crippen LogP contribution in [0.1, 0.15) is 48.1 Å². The number of benzene rings is 2. The van der Waals surface area contributed by atoms with Crippen LogP contribution in [0.4, 0.5) is 50.0 Å². The number of fused-ring (bicyclic) bond motifs is 1. The van der Waals surface area contributed by atoms with Crippen LogP contribution in [0.2, 0.25) is 0 Å². The fourth-order valence-corrected chi connectivity index (χ4v) is 4.77. The summed E-state index contributed by atoms with van der Waals surface area (Å²) in [7, 11) is 0.740. The SMILES string of the molecule is CCOC(=O)N1c2ccc(C(F)(F)F)cc2C(C(CO)(C(=O)OC)c2cc(C(F)(F)F)cc(C(F)(F)F)c2)=C[C@H]1CC. The van der Waals surface area contributed by atoms with Gasteiger partial charge in [0.05, 0.1) is 48.7 Å². The van der Waals surface area contributed by atoms with E-state index in [0.717, 1.165) is 24.2 Å². The predicted octanol–water partition coefficient (Wildman–Crippen LogP) is 6.98. The van der Waals surface area contributed by atoms with Gasteiger partial charge in [-0.3, -0.25) is 9.69 Å². The van der Waals surface area contributed by atoms with Crippen LogP contribution in [0.25, 0.3) is 5.57 Å². The number of carbonyl (C=O) groups excluding carboxylic acids is 2. The molecule has 1 unspecified atom stereocenters. The summed E-state index contributed by atoms with van der Waals surface area (Å²) in [5.74, 6) is -1.56. The third-order valence-electron chi connectivity index (χ3n) is 6.76. The Morgan fingerprint density at radius 1 is 0.833 bits per heavy atom. The van der Waals surface area contributed by atoms with E-state index in [1.165, 1.54) is 13.8 Å². The maximum atomic E-state index is 13.8. The van der Waals surface area contributed by atoms with Gasteiger partial charge >= 0.3 is 30.6 Å². The molecular formula is C27H24F9NO5. The van der Waals surface area contributed by atoms with E-state index in [4.69, 9.17) is 9.47 Å². The molecule has 0 aromatic heterocycles. The van der Waals surface area contributed by atoms with Crippen molar-refractivity contribution in [1.82, 2.24) is 0 Å². The van der Waals surface area contributed by atoms with Gasteiger partial charge in [-0.05, 0) is 60.9 Å². The van der Waals surface area contributed by atoms with E-state index >= 15 is 0 Å². The van der Waals surface area contributed by atoms with Crippen molar-refractivity contribution in [3.05, 3.63) is 70.3 Å².